The number of carbonyl (C=O) groups is 1. The van der Waals surface area contributed by atoms with Crippen LogP contribution >= 0.6 is 23.2 Å². The molecule has 1 aliphatic rings. The van der Waals surface area contributed by atoms with Gasteiger partial charge >= 0.3 is 0 Å². The quantitative estimate of drug-likeness (QED) is 0.661. The first kappa shape index (κ1) is 21.0. The Balaban J connectivity index is 1.82. The maximum absolute atomic E-state index is 12.8. The zero-order valence-corrected chi connectivity index (χ0v) is 18.1. The zero-order valence-electron chi connectivity index (χ0n) is 16.6. The number of hydrogen-bond donors (Lipinski definition) is 2. The van der Waals surface area contributed by atoms with Gasteiger partial charge in [-0.1, -0.05) is 42.6 Å². The van der Waals surface area contributed by atoms with Gasteiger partial charge in [-0.2, -0.15) is 0 Å². The summed E-state index contributed by atoms with van der Waals surface area (Å²) in [5.41, 5.74) is 2.76. The maximum Gasteiger partial charge on any atom is 0.273 e. The highest BCUT2D eigenvalue weighted by atomic mass is 35.5. The average molecular weight is 424 g/mol. The molecular formula is C21H27Cl2N3O2. The van der Waals surface area contributed by atoms with Crippen LogP contribution in [0.3, 0.4) is 0 Å². The Kier molecular flexibility index (Phi) is 6.91. The summed E-state index contributed by atoms with van der Waals surface area (Å²) in [6.07, 6.45) is 4.11. The summed E-state index contributed by atoms with van der Waals surface area (Å²) in [5.74, 6) is 0.371. The molecule has 2 N–H and O–H groups in total. The second kappa shape index (κ2) is 9.21. The first-order valence-corrected chi connectivity index (χ1v) is 10.5. The summed E-state index contributed by atoms with van der Waals surface area (Å²) >= 11 is 12.3. The minimum atomic E-state index is -0.337. The molecule has 2 heterocycles. The number of nitrogens with zero attached hydrogens (tertiary/aromatic N) is 1. The number of nitrogens with one attached hydrogen (secondary N) is 2. The van der Waals surface area contributed by atoms with Gasteiger partial charge in [-0.15, -0.1) is 0 Å². The molecule has 0 spiro atoms. The fourth-order valence-electron chi connectivity index (χ4n) is 3.41. The van der Waals surface area contributed by atoms with Crippen molar-refractivity contribution >= 4 is 34.8 Å². The van der Waals surface area contributed by atoms with Gasteiger partial charge < -0.3 is 19.9 Å². The number of H-pyrrole nitrogens is 1. The highest BCUT2D eigenvalue weighted by molar-refractivity contribution is 6.44. The smallest absolute Gasteiger partial charge is 0.273 e. The summed E-state index contributed by atoms with van der Waals surface area (Å²) in [6, 6.07) is 5.96. The number of ether oxygens (including phenoxy) is 1. The van der Waals surface area contributed by atoms with Crippen molar-refractivity contribution in [1.82, 2.24) is 9.88 Å². The van der Waals surface area contributed by atoms with E-state index in [1.54, 1.807) is 6.92 Å². The Bertz CT molecular complexity index is 842. The number of likely N-dealkylation sites (tertiary alicyclic amines) is 1. The Labute approximate surface area is 176 Å². The van der Waals surface area contributed by atoms with Crippen molar-refractivity contribution in [2.24, 2.45) is 0 Å². The second-order valence-corrected chi connectivity index (χ2v) is 8.16. The number of anilines is 1. The van der Waals surface area contributed by atoms with Gasteiger partial charge in [0.05, 0.1) is 15.7 Å². The SMILES string of the molecule is CCCc1ccc(NC(=O)c2[nH]c(C)c(Cl)c2Cl)c(OC2CCN(C)CC2)c1. The maximum atomic E-state index is 12.8. The lowest BCUT2D eigenvalue weighted by molar-refractivity contribution is 0.101. The molecule has 1 amide bonds. The van der Waals surface area contributed by atoms with E-state index in [2.05, 4.69) is 29.2 Å². The molecule has 3 rings (SSSR count). The number of benzene rings is 1. The standard InChI is InChI=1S/C21H27Cl2N3O2/c1-4-5-14-6-7-16(17(12-14)28-15-8-10-26(3)11-9-15)25-21(27)20-19(23)18(22)13(2)24-20/h6-7,12,15,24H,4-5,8-11H2,1-3H3,(H,25,27). The van der Waals surface area contributed by atoms with Crippen molar-refractivity contribution < 1.29 is 9.53 Å². The van der Waals surface area contributed by atoms with Crippen LogP contribution in [0.2, 0.25) is 10.0 Å². The average Bonchev–Trinajstić information content (AvgIpc) is 2.93. The van der Waals surface area contributed by atoms with Crippen LogP contribution in [0, 0.1) is 6.92 Å². The lowest BCUT2D eigenvalue weighted by atomic mass is 10.1. The molecule has 1 saturated heterocycles. The summed E-state index contributed by atoms with van der Waals surface area (Å²) in [4.78, 5) is 18.0. The molecular weight excluding hydrogens is 397 g/mol. The van der Waals surface area contributed by atoms with Crippen LogP contribution in [0.4, 0.5) is 5.69 Å². The van der Waals surface area contributed by atoms with Gasteiger partial charge in [-0.3, -0.25) is 4.79 Å². The van der Waals surface area contributed by atoms with E-state index in [9.17, 15) is 4.79 Å². The van der Waals surface area contributed by atoms with Crippen molar-refractivity contribution in [3.63, 3.8) is 0 Å². The third-order valence-corrected chi connectivity index (χ3v) is 6.02. The van der Waals surface area contributed by atoms with Crippen molar-refractivity contribution in [3.05, 3.63) is 45.2 Å². The molecule has 1 fully saturated rings. The van der Waals surface area contributed by atoms with Crippen LogP contribution in [0.15, 0.2) is 18.2 Å². The number of aryl methyl sites for hydroxylation is 2. The van der Waals surface area contributed by atoms with Gasteiger partial charge in [0.1, 0.15) is 17.5 Å². The van der Waals surface area contributed by atoms with Gasteiger partial charge in [0.25, 0.3) is 5.91 Å². The fourth-order valence-corrected chi connectivity index (χ4v) is 3.82. The fraction of sp³-hybridized carbons (Fsp3) is 0.476. The highest BCUT2D eigenvalue weighted by Crippen LogP contribution is 2.32. The van der Waals surface area contributed by atoms with Crippen molar-refractivity contribution in [2.75, 3.05) is 25.5 Å². The summed E-state index contributed by atoms with van der Waals surface area (Å²) in [7, 11) is 2.12. The van der Waals surface area contributed by atoms with Crippen molar-refractivity contribution in [1.29, 1.82) is 0 Å². The van der Waals surface area contributed by atoms with Gasteiger partial charge in [-0.05, 0) is 50.9 Å². The molecule has 0 aliphatic carbocycles. The molecule has 1 aromatic carbocycles. The number of piperidine rings is 1. The minimum absolute atomic E-state index is 0.148. The normalized spacial score (nSPS) is 15.6. The Morgan fingerprint density at radius 2 is 2.00 bits per heavy atom. The number of aromatic nitrogens is 1. The largest absolute Gasteiger partial charge is 0.488 e. The third kappa shape index (κ3) is 4.83. The van der Waals surface area contributed by atoms with Crippen LogP contribution in [-0.2, 0) is 6.42 Å². The first-order chi connectivity index (χ1) is 13.4. The molecule has 2 aromatic rings. The predicted molar refractivity (Wildman–Crippen MR) is 115 cm³/mol. The molecule has 7 heteroatoms. The van der Waals surface area contributed by atoms with E-state index < -0.39 is 0 Å². The molecule has 28 heavy (non-hydrogen) atoms. The van der Waals surface area contributed by atoms with Gasteiger partial charge in [0, 0.05) is 18.8 Å². The lowest BCUT2D eigenvalue weighted by Crippen LogP contribution is -2.35. The number of amides is 1. The third-order valence-electron chi connectivity index (χ3n) is 5.07. The molecule has 0 saturated carbocycles. The van der Waals surface area contributed by atoms with E-state index >= 15 is 0 Å². The van der Waals surface area contributed by atoms with Gasteiger partial charge in [-0.25, -0.2) is 0 Å². The molecule has 5 nitrogen and oxygen atoms in total. The molecule has 152 valence electrons. The number of halogens is 2. The van der Waals surface area contributed by atoms with Gasteiger partial charge in [0.2, 0.25) is 0 Å². The predicted octanol–water partition coefficient (Wildman–Crippen LogP) is 5.31. The van der Waals surface area contributed by atoms with E-state index in [-0.39, 0.29) is 22.7 Å². The zero-order chi connectivity index (χ0) is 20.3. The Morgan fingerprint density at radius 1 is 1.29 bits per heavy atom. The van der Waals surface area contributed by atoms with Crippen LogP contribution in [0.1, 0.15) is 47.9 Å². The summed E-state index contributed by atoms with van der Waals surface area (Å²) < 4.78 is 6.31. The molecule has 0 bridgehead atoms. The lowest BCUT2D eigenvalue weighted by Gasteiger charge is -2.30. The van der Waals surface area contributed by atoms with E-state index in [1.807, 2.05) is 18.2 Å². The second-order valence-electron chi connectivity index (χ2n) is 7.41. The molecule has 0 atom stereocenters. The van der Waals surface area contributed by atoms with Crippen molar-refractivity contribution in [3.8, 4) is 5.75 Å². The topological polar surface area (TPSA) is 57.4 Å². The van der Waals surface area contributed by atoms with Crippen LogP contribution < -0.4 is 10.1 Å². The highest BCUT2D eigenvalue weighted by Gasteiger charge is 2.22. The van der Waals surface area contributed by atoms with Crippen molar-refractivity contribution in [2.45, 2.75) is 45.6 Å². The number of hydrogen-bond acceptors (Lipinski definition) is 3. The molecule has 0 radical (unpaired) electrons. The van der Waals surface area contributed by atoms with E-state index in [0.717, 1.165) is 38.8 Å². The number of rotatable bonds is 6. The van der Waals surface area contributed by atoms with E-state index in [0.29, 0.717) is 22.2 Å². The number of aromatic amines is 1. The Morgan fingerprint density at radius 3 is 2.61 bits per heavy atom. The van der Waals surface area contributed by atoms with E-state index in [4.69, 9.17) is 27.9 Å². The number of carbonyl (C=O) groups excluding carboxylic acids is 1. The van der Waals surface area contributed by atoms with E-state index in [1.165, 1.54) is 5.56 Å². The monoisotopic (exact) mass is 423 g/mol. The molecule has 0 unspecified atom stereocenters. The van der Waals surface area contributed by atoms with Gasteiger partial charge in [0.15, 0.2) is 0 Å². The minimum Gasteiger partial charge on any atom is -0.488 e. The first-order valence-electron chi connectivity index (χ1n) is 9.72. The summed E-state index contributed by atoms with van der Waals surface area (Å²) in [6.45, 7) is 5.94. The summed E-state index contributed by atoms with van der Waals surface area (Å²) in [5, 5.41) is 3.53. The molecule has 1 aromatic heterocycles. The van der Waals surface area contributed by atoms with Crippen LogP contribution in [-0.4, -0.2) is 42.0 Å². The molecule has 1 aliphatic heterocycles. The van der Waals surface area contributed by atoms with Crippen LogP contribution in [0.25, 0.3) is 0 Å². The Hall–Kier alpha value is -1.69. The van der Waals surface area contributed by atoms with Crippen LogP contribution in [0.5, 0.6) is 5.75 Å².